The van der Waals surface area contributed by atoms with E-state index < -0.39 is 5.41 Å². The molecule has 1 saturated heterocycles. The van der Waals surface area contributed by atoms with Crippen LogP contribution in [0.4, 0.5) is 0 Å². The van der Waals surface area contributed by atoms with Crippen LogP contribution in [-0.2, 0) is 10.2 Å². The number of benzene rings is 1. The smallest absolute Gasteiger partial charge is 0.232 e. The molecular formula is C18H30ClN3O. The Hall–Kier alpha value is -1.10. The van der Waals surface area contributed by atoms with Crippen molar-refractivity contribution in [2.75, 3.05) is 32.7 Å². The molecule has 0 atom stereocenters. The van der Waals surface area contributed by atoms with Gasteiger partial charge in [-0.25, -0.2) is 0 Å². The summed E-state index contributed by atoms with van der Waals surface area (Å²) in [7, 11) is 0. The van der Waals surface area contributed by atoms with Gasteiger partial charge in [0.25, 0.3) is 0 Å². The van der Waals surface area contributed by atoms with Crippen LogP contribution in [0.1, 0.15) is 33.3 Å². The van der Waals surface area contributed by atoms with Gasteiger partial charge in [-0.3, -0.25) is 9.69 Å². The molecule has 0 bridgehead atoms. The van der Waals surface area contributed by atoms with E-state index >= 15 is 0 Å². The molecule has 1 heterocycles. The van der Waals surface area contributed by atoms with E-state index in [0.717, 1.165) is 38.3 Å². The van der Waals surface area contributed by atoms with E-state index in [-0.39, 0.29) is 23.9 Å². The molecule has 1 fully saturated rings. The molecule has 1 aliphatic heterocycles. The average Bonchev–Trinajstić information content (AvgIpc) is 2.46. The highest BCUT2D eigenvalue weighted by Gasteiger charge is 2.35. The summed E-state index contributed by atoms with van der Waals surface area (Å²) in [5.74, 6) is 0.213. The number of rotatable bonds is 4. The Kier molecular flexibility index (Phi) is 6.63. The number of hydrogen-bond donors (Lipinski definition) is 1. The lowest BCUT2D eigenvalue weighted by Gasteiger charge is -2.40. The van der Waals surface area contributed by atoms with Crippen LogP contribution in [0.3, 0.4) is 0 Å². The minimum Gasteiger partial charge on any atom is -0.339 e. The van der Waals surface area contributed by atoms with Crippen LogP contribution in [0.5, 0.6) is 0 Å². The number of carbonyl (C=O) groups excluding carboxylic acids is 1. The van der Waals surface area contributed by atoms with Gasteiger partial charge in [0, 0.05) is 38.3 Å². The summed E-state index contributed by atoms with van der Waals surface area (Å²) in [5, 5.41) is 0. The van der Waals surface area contributed by atoms with Gasteiger partial charge in [0.15, 0.2) is 0 Å². The van der Waals surface area contributed by atoms with Gasteiger partial charge in [-0.2, -0.15) is 0 Å². The van der Waals surface area contributed by atoms with Crippen molar-refractivity contribution in [3.05, 3.63) is 35.9 Å². The summed E-state index contributed by atoms with van der Waals surface area (Å²) in [6, 6.07) is 10.0. The van der Waals surface area contributed by atoms with Gasteiger partial charge in [-0.1, -0.05) is 30.3 Å². The van der Waals surface area contributed by atoms with Gasteiger partial charge in [0.05, 0.1) is 5.41 Å². The quantitative estimate of drug-likeness (QED) is 0.915. The van der Waals surface area contributed by atoms with Crippen molar-refractivity contribution in [2.24, 2.45) is 5.73 Å². The third-order valence-electron chi connectivity index (χ3n) is 4.32. The molecule has 1 amide bonds. The normalized spacial score (nSPS) is 16.8. The average molecular weight is 340 g/mol. The molecule has 0 saturated carbocycles. The highest BCUT2D eigenvalue weighted by atomic mass is 35.5. The number of hydrogen-bond acceptors (Lipinski definition) is 3. The fourth-order valence-electron chi connectivity index (χ4n) is 3.06. The van der Waals surface area contributed by atoms with Gasteiger partial charge >= 0.3 is 0 Å². The molecule has 2 rings (SSSR count). The summed E-state index contributed by atoms with van der Waals surface area (Å²) >= 11 is 0. The summed E-state index contributed by atoms with van der Waals surface area (Å²) in [6.45, 7) is 12.4. The van der Waals surface area contributed by atoms with Crippen molar-refractivity contribution in [1.29, 1.82) is 0 Å². The van der Waals surface area contributed by atoms with Crippen molar-refractivity contribution in [2.45, 2.75) is 38.6 Å². The van der Waals surface area contributed by atoms with Crippen LogP contribution in [0.2, 0.25) is 0 Å². The van der Waals surface area contributed by atoms with Crippen molar-refractivity contribution >= 4 is 18.3 Å². The van der Waals surface area contributed by atoms with Crippen LogP contribution < -0.4 is 5.73 Å². The zero-order chi connectivity index (χ0) is 16.4. The summed E-state index contributed by atoms with van der Waals surface area (Å²) < 4.78 is 0. The van der Waals surface area contributed by atoms with Gasteiger partial charge in [-0.15, -0.1) is 12.4 Å². The van der Waals surface area contributed by atoms with E-state index in [4.69, 9.17) is 5.73 Å². The summed E-state index contributed by atoms with van der Waals surface area (Å²) in [6.07, 6.45) is 0. The van der Waals surface area contributed by atoms with Crippen molar-refractivity contribution in [1.82, 2.24) is 9.80 Å². The van der Waals surface area contributed by atoms with E-state index in [1.165, 1.54) is 0 Å². The molecule has 0 spiro atoms. The largest absolute Gasteiger partial charge is 0.339 e. The molecule has 0 radical (unpaired) electrons. The predicted molar refractivity (Wildman–Crippen MR) is 98.0 cm³/mol. The minimum atomic E-state index is -0.476. The maximum atomic E-state index is 12.9. The monoisotopic (exact) mass is 339 g/mol. The molecule has 23 heavy (non-hydrogen) atoms. The van der Waals surface area contributed by atoms with E-state index in [9.17, 15) is 4.79 Å². The lowest BCUT2D eigenvalue weighted by Crippen LogP contribution is -2.56. The molecule has 5 heteroatoms. The first-order chi connectivity index (χ1) is 10.2. The Morgan fingerprint density at radius 3 is 2.04 bits per heavy atom. The molecule has 130 valence electrons. The third-order valence-corrected chi connectivity index (χ3v) is 4.32. The van der Waals surface area contributed by atoms with Gasteiger partial charge in [0.2, 0.25) is 5.91 Å². The zero-order valence-electron chi connectivity index (χ0n) is 14.7. The van der Waals surface area contributed by atoms with Gasteiger partial charge in [0.1, 0.15) is 0 Å². The Labute approximate surface area is 146 Å². The molecule has 1 aromatic carbocycles. The standard InChI is InChI=1S/C18H29N3O.ClH/c1-17(2,19)14-20-10-12-21(13-11-20)16(22)18(3,4)15-8-6-5-7-9-15;/h5-9H,10-14,19H2,1-4H3;1H. The molecule has 4 nitrogen and oxygen atoms in total. The number of halogens is 1. The Balaban J connectivity index is 0.00000264. The van der Waals surface area contributed by atoms with Crippen LogP contribution in [0, 0.1) is 0 Å². The molecule has 0 aliphatic carbocycles. The number of amides is 1. The van der Waals surface area contributed by atoms with Crippen LogP contribution in [-0.4, -0.2) is 54.0 Å². The maximum Gasteiger partial charge on any atom is 0.232 e. The van der Waals surface area contributed by atoms with E-state index in [0.29, 0.717) is 0 Å². The molecule has 1 aromatic rings. The Bertz CT molecular complexity index is 503. The SMILES string of the molecule is CC(C)(N)CN1CCN(C(=O)C(C)(C)c2ccccc2)CC1.Cl. The van der Waals surface area contributed by atoms with Crippen LogP contribution in [0.15, 0.2) is 30.3 Å². The fourth-order valence-corrected chi connectivity index (χ4v) is 3.06. The topological polar surface area (TPSA) is 49.6 Å². The Morgan fingerprint density at radius 1 is 1.04 bits per heavy atom. The van der Waals surface area contributed by atoms with Crippen LogP contribution >= 0.6 is 12.4 Å². The number of piperazine rings is 1. The van der Waals surface area contributed by atoms with Gasteiger partial charge < -0.3 is 10.6 Å². The second kappa shape index (κ2) is 7.65. The van der Waals surface area contributed by atoms with Crippen molar-refractivity contribution in [3.8, 4) is 0 Å². The Morgan fingerprint density at radius 2 is 1.57 bits per heavy atom. The highest BCUT2D eigenvalue weighted by Crippen LogP contribution is 2.26. The number of carbonyl (C=O) groups is 1. The lowest BCUT2D eigenvalue weighted by atomic mass is 9.83. The number of nitrogens with zero attached hydrogens (tertiary/aromatic N) is 2. The first kappa shape index (κ1) is 19.9. The van der Waals surface area contributed by atoms with Crippen molar-refractivity contribution < 1.29 is 4.79 Å². The zero-order valence-corrected chi connectivity index (χ0v) is 15.5. The first-order valence-corrected chi connectivity index (χ1v) is 8.06. The van der Waals surface area contributed by atoms with E-state index in [1.807, 2.05) is 62.9 Å². The fraction of sp³-hybridized carbons (Fsp3) is 0.611. The first-order valence-electron chi connectivity index (χ1n) is 8.06. The van der Waals surface area contributed by atoms with E-state index in [2.05, 4.69) is 4.90 Å². The lowest BCUT2D eigenvalue weighted by molar-refractivity contribution is -0.138. The molecular weight excluding hydrogens is 310 g/mol. The van der Waals surface area contributed by atoms with Crippen LogP contribution in [0.25, 0.3) is 0 Å². The third kappa shape index (κ3) is 5.20. The second-order valence-electron chi connectivity index (χ2n) is 7.55. The molecule has 2 N–H and O–H groups in total. The second-order valence-corrected chi connectivity index (χ2v) is 7.55. The minimum absolute atomic E-state index is 0. The summed E-state index contributed by atoms with van der Waals surface area (Å²) in [5.41, 5.74) is 6.50. The molecule has 0 aromatic heterocycles. The highest BCUT2D eigenvalue weighted by molar-refractivity contribution is 5.87. The number of nitrogens with two attached hydrogens (primary N) is 1. The van der Waals surface area contributed by atoms with Crippen molar-refractivity contribution in [3.63, 3.8) is 0 Å². The predicted octanol–water partition coefficient (Wildman–Crippen LogP) is 2.27. The summed E-state index contributed by atoms with van der Waals surface area (Å²) in [4.78, 5) is 17.2. The van der Waals surface area contributed by atoms with Gasteiger partial charge in [-0.05, 0) is 33.3 Å². The van der Waals surface area contributed by atoms with E-state index in [1.54, 1.807) is 0 Å². The molecule has 0 unspecified atom stereocenters. The maximum absolute atomic E-state index is 12.9. The molecule has 1 aliphatic rings.